The second kappa shape index (κ2) is 8.81. The minimum atomic E-state index is 0.00145. The molecule has 4 aromatic rings. The molecule has 1 fully saturated rings. The van der Waals surface area contributed by atoms with Crippen molar-refractivity contribution in [1.82, 2.24) is 24.9 Å². The Hall–Kier alpha value is -3.32. The fourth-order valence-corrected chi connectivity index (χ4v) is 5.09. The molecule has 1 aliphatic rings. The SMILES string of the molecule is O=C(/C=C/c1cn(Cc2ccccc2)nn1)N1CCCCC1c1nc2ccccc2s1. The molecule has 0 spiro atoms. The summed E-state index contributed by atoms with van der Waals surface area (Å²) < 4.78 is 2.95. The van der Waals surface area contributed by atoms with Crippen molar-refractivity contribution in [2.24, 2.45) is 0 Å². The van der Waals surface area contributed by atoms with E-state index in [1.807, 2.05) is 47.5 Å². The van der Waals surface area contributed by atoms with Gasteiger partial charge < -0.3 is 4.90 Å². The fourth-order valence-electron chi connectivity index (χ4n) is 3.97. The maximum absolute atomic E-state index is 13.0. The van der Waals surface area contributed by atoms with Gasteiger partial charge in [0.2, 0.25) is 5.91 Å². The van der Waals surface area contributed by atoms with Crippen LogP contribution < -0.4 is 0 Å². The number of hydrogen-bond acceptors (Lipinski definition) is 5. The molecule has 0 bridgehead atoms. The van der Waals surface area contributed by atoms with Gasteiger partial charge in [0.05, 0.1) is 29.0 Å². The number of aromatic nitrogens is 4. The molecule has 1 saturated heterocycles. The summed E-state index contributed by atoms with van der Waals surface area (Å²) in [7, 11) is 0. The number of nitrogens with zero attached hydrogens (tertiary/aromatic N) is 5. The molecule has 2 aromatic carbocycles. The Bertz CT molecular complexity index is 1180. The number of likely N-dealkylation sites (tertiary alicyclic amines) is 1. The second-order valence-electron chi connectivity index (χ2n) is 7.72. The van der Waals surface area contributed by atoms with Gasteiger partial charge in [0.25, 0.3) is 0 Å². The van der Waals surface area contributed by atoms with Crippen LogP contribution in [-0.2, 0) is 11.3 Å². The van der Waals surface area contributed by atoms with E-state index in [0.29, 0.717) is 12.2 Å². The summed E-state index contributed by atoms with van der Waals surface area (Å²) >= 11 is 1.69. The van der Waals surface area contributed by atoms with Gasteiger partial charge in [-0.25, -0.2) is 9.67 Å². The van der Waals surface area contributed by atoms with Crippen LogP contribution in [0.15, 0.2) is 66.9 Å². The van der Waals surface area contributed by atoms with Gasteiger partial charge in [-0.15, -0.1) is 16.4 Å². The third kappa shape index (κ3) is 4.41. The van der Waals surface area contributed by atoms with Crippen LogP contribution in [0.4, 0.5) is 0 Å². The zero-order valence-electron chi connectivity index (χ0n) is 17.1. The van der Waals surface area contributed by atoms with Crippen LogP contribution in [0.3, 0.4) is 0 Å². The molecule has 0 aliphatic carbocycles. The largest absolute Gasteiger partial charge is 0.330 e. The van der Waals surface area contributed by atoms with Crippen LogP contribution in [-0.4, -0.2) is 37.3 Å². The molecule has 0 saturated carbocycles. The van der Waals surface area contributed by atoms with E-state index < -0.39 is 0 Å². The Morgan fingerprint density at radius 3 is 2.81 bits per heavy atom. The van der Waals surface area contributed by atoms with E-state index in [1.165, 1.54) is 4.70 Å². The van der Waals surface area contributed by atoms with Gasteiger partial charge in [-0.3, -0.25) is 4.79 Å². The molecule has 31 heavy (non-hydrogen) atoms. The number of hydrogen-bond donors (Lipinski definition) is 0. The van der Waals surface area contributed by atoms with Crippen molar-refractivity contribution in [3.8, 4) is 0 Å². The third-order valence-electron chi connectivity index (χ3n) is 5.52. The zero-order valence-corrected chi connectivity index (χ0v) is 17.9. The molecular weight excluding hydrogens is 406 g/mol. The summed E-state index contributed by atoms with van der Waals surface area (Å²) in [6.07, 6.45) is 8.31. The van der Waals surface area contributed by atoms with Gasteiger partial charge in [0.1, 0.15) is 10.7 Å². The van der Waals surface area contributed by atoms with Gasteiger partial charge in [-0.05, 0) is 43.0 Å². The number of carbonyl (C=O) groups is 1. The highest BCUT2D eigenvalue weighted by atomic mass is 32.1. The number of para-hydroxylation sites is 1. The lowest BCUT2D eigenvalue weighted by Crippen LogP contribution is -2.37. The summed E-state index contributed by atoms with van der Waals surface area (Å²) in [4.78, 5) is 19.8. The van der Waals surface area contributed by atoms with Crippen molar-refractivity contribution in [1.29, 1.82) is 0 Å². The molecule has 1 amide bonds. The number of fused-ring (bicyclic) bond motifs is 1. The van der Waals surface area contributed by atoms with E-state index in [9.17, 15) is 4.79 Å². The highest BCUT2D eigenvalue weighted by Gasteiger charge is 2.29. The number of carbonyl (C=O) groups excluding carboxylic acids is 1. The predicted molar refractivity (Wildman–Crippen MR) is 123 cm³/mol. The predicted octanol–water partition coefficient (Wildman–Crippen LogP) is 4.70. The second-order valence-corrected chi connectivity index (χ2v) is 8.79. The monoisotopic (exact) mass is 429 g/mol. The molecule has 1 atom stereocenters. The maximum atomic E-state index is 13.0. The van der Waals surface area contributed by atoms with E-state index >= 15 is 0 Å². The van der Waals surface area contributed by atoms with Crippen LogP contribution >= 0.6 is 11.3 Å². The maximum Gasteiger partial charge on any atom is 0.247 e. The molecule has 1 unspecified atom stereocenters. The Balaban J connectivity index is 1.30. The van der Waals surface area contributed by atoms with Crippen LogP contribution in [0, 0.1) is 0 Å². The molecular formula is C24H23N5OS. The highest BCUT2D eigenvalue weighted by Crippen LogP contribution is 2.35. The first kappa shape index (κ1) is 19.6. The Kier molecular flexibility index (Phi) is 5.58. The van der Waals surface area contributed by atoms with Crippen molar-refractivity contribution in [3.05, 3.63) is 83.1 Å². The number of rotatable bonds is 5. The normalized spacial score (nSPS) is 16.9. The first-order chi connectivity index (χ1) is 15.3. The summed E-state index contributed by atoms with van der Waals surface area (Å²) in [6.45, 7) is 1.41. The molecule has 6 nitrogen and oxygen atoms in total. The van der Waals surface area contributed by atoms with Crippen molar-refractivity contribution in [3.63, 3.8) is 0 Å². The lowest BCUT2D eigenvalue weighted by Gasteiger charge is -2.33. The topological polar surface area (TPSA) is 63.9 Å². The molecule has 0 N–H and O–H groups in total. The van der Waals surface area contributed by atoms with E-state index in [2.05, 4.69) is 28.5 Å². The lowest BCUT2D eigenvalue weighted by atomic mass is 10.0. The first-order valence-corrected chi connectivity index (χ1v) is 11.4. The average molecular weight is 430 g/mol. The smallest absolute Gasteiger partial charge is 0.247 e. The summed E-state index contributed by atoms with van der Waals surface area (Å²) in [5.41, 5.74) is 2.84. The summed E-state index contributed by atoms with van der Waals surface area (Å²) in [5, 5.41) is 9.38. The molecule has 5 rings (SSSR count). The average Bonchev–Trinajstić information content (AvgIpc) is 3.45. The van der Waals surface area contributed by atoms with Crippen LogP contribution in [0.5, 0.6) is 0 Å². The number of thiazole rings is 1. The van der Waals surface area contributed by atoms with Crippen LogP contribution in [0.25, 0.3) is 16.3 Å². The molecule has 7 heteroatoms. The van der Waals surface area contributed by atoms with E-state index in [-0.39, 0.29) is 11.9 Å². The van der Waals surface area contributed by atoms with Gasteiger partial charge in [-0.2, -0.15) is 0 Å². The summed E-state index contributed by atoms with van der Waals surface area (Å²) in [5.74, 6) is 0.00145. The van der Waals surface area contributed by atoms with Gasteiger partial charge in [0.15, 0.2) is 0 Å². The summed E-state index contributed by atoms with van der Waals surface area (Å²) in [6, 6.07) is 18.3. The molecule has 1 aliphatic heterocycles. The fraction of sp³-hybridized carbons (Fsp3) is 0.250. The molecule has 0 radical (unpaired) electrons. The van der Waals surface area contributed by atoms with Crippen LogP contribution in [0.2, 0.25) is 0 Å². The third-order valence-corrected chi connectivity index (χ3v) is 6.66. The van der Waals surface area contributed by atoms with Gasteiger partial charge >= 0.3 is 0 Å². The Morgan fingerprint density at radius 1 is 1.10 bits per heavy atom. The standard InChI is InChI=1S/C24H23N5OS/c30-23(14-13-19-17-28(27-26-19)16-18-8-2-1-3-9-18)29-15-7-6-11-21(29)24-25-20-10-4-5-12-22(20)31-24/h1-5,8-10,12-14,17,21H,6-7,11,15-16H2/b14-13+. The zero-order chi connectivity index (χ0) is 21.0. The van der Waals surface area contributed by atoms with Gasteiger partial charge in [0, 0.05) is 12.6 Å². The lowest BCUT2D eigenvalue weighted by molar-refractivity contribution is -0.129. The van der Waals surface area contributed by atoms with Crippen LogP contribution in [0.1, 0.15) is 41.6 Å². The minimum Gasteiger partial charge on any atom is -0.330 e. The Labute approximate surface area is 184 Å². The van der Waals surface area contributed by atoms with E-state index in [4.69, 9.17) is 4.98 Å². The van der Waals surface area contributed by atoms with E-state index in [1.54, 1.807) is 28.2 Å². The number of amides is 1. The van der Waals surface area contributed by atoms with Gasteiger partial charge in [-0.1, -0.05) is 47.7 Å². The minimum absolute atomic E-state index is 0.00145. The Morgan fingerprint density at radius 2 is 1.94 bits per heavy atom. The van der Waals surface area contributed by atoms with Crippen molar-refractivity contribution in [2.45, 2.75) is 31.8 Å². The molecule has 2 aromatic heterocycles. The number of piperidine rings is 1. The number of benzene rings is 2. The van der Waals surface area contributed by atoms with Crippen molar-refractivity contribution >= 4 is 33.5 Å². The highest BCUT2D eigenvalue weighted by molar-refractivity contribution is 7.18. The van der Waals surface area contributed by atoms with Crippen molar-refractivity contribution in [2.75, 3.05) is 6.54 Å². The first-order valence-electron chi connectivity index (χ1n) is 10.5. The quantitative estimate of drug-likeness (QED) is 0.431. The molecule has 156 valence electrons. The van der Waals surface area contributed by atoms with Crippen molar-refractivity contribution < 1.29 is 4.79 Å². The van der Waals surface area contributed by atoms with E-state index in [0.717, 1.165) is 41.9 Å². The molecule has 3 heterocycles.